The van der Waals surface area contributed by atoms with E-state index in [0.717, 1.165) is 37.9 Å². The highest BCUT2D eigenvalue weighted by Crippen LogP contribution is 2.35. The molecule has 1 heterocycles. The minimum atomic E-state index is -0.429. The number of nitrogens with one attached hydrogen (secondary N) is 2. The average Bonchev–Trinajstić information content (AvgIpc) is 2.83. The Kier molecular flexibility index (Phi) is 4.75. The largest absolute Gasteiger partial charge is 0.325 e. The van der Waals surface area contributed by atoms with Gasteiger partial charge in [-0.15, -0.1) is 0 Å². The first kappa shape index (κ1) is 17.4. The second kappa shape index (κ2) is 6.28. The lowest BCUT2D eigenvalue weighted by Crippen LogP contribution is -2.28. The second-order valence-electron chi connectivity index (χ2n) is 6.94. The fraction of sp³-hybridized carbons (Fsp3) is 0.471. The molecule has 124 valence electrons. The van der Waals surface area contributed by atoms with Crippen LogP contribution in [-0.4, -0.2) is 16.6 Å². The number of benzene rings is 1. The fourth-order valence-electron chi connectivity index (χ4n) is 2.09. The average molecular weight is 332 g/mol. The zero-order valence-corrected chi connectivity index (χ0v) is 15.6. The second-order valence-corrected chi connectivity index (χ2v) is 7.93. The highest BCUT2D eigenvalue weighted by molar-refractivity contribution is 7.22. The third-order valence-electron chi connectivity index (χ3n) is 3.41. The van der Waals surface area contributed by atoms with Crippen LogP contribution < -0.4 is 10.7 Å². The van der Waals surface area contributed by atoms with Gasteiger partial charge < -0.3 is 5.32 Å². The number of rotatable bonds is 3. The van der Waals surface area contributed by atoms with Crippen molar-refractivity contribution in [3.05, 3.63) is 17.2 Å². The maximum absolute atomic E-state index is 12.3. The third kappa shape index (κ3) is 3.88. The van der Waals surface area contributed by atoms with Gasteiger partial charge in [0.15, 0.2) is 0 Å². The van der Waals surface area contributed by atoms with Crippen molar-refractivity contribution in [3.8, 4) is 0 Å². The van der Waals surface area contributed by atoms with Crippen LogP contribution in [0.5, 0.6) is 0 Å². The summed E-state index contributed by atoms with van der Waals surface area (Å²) in [4.78, 5) is 16.9. The van der Waals surface area contributed by atoms with Gasteiger partial charge in [-0.3, -0.25) is 10.2 Å². The lowest BCUT2D eigenvalue weighted by Gasteiger charge is -2.20. The number of aryl methyl sites for hydroxylation is 2. The SMILES string of the molecule is CC(C)=NNc1nc2cc(C)c(NC(=O)C(C)(C)C)c(C)c2s1. The van der Waals surface area contributed by atoms with Crippen molar-refractivity contribution in [1.29, 1.82) is 0 Å². The zero-order chi connectivity index (χ0) is 17.4. The van der Waals surface area contributed by atoms with Crippen molar-refractivity contribution in [2.24, 2.45) is 10.5 Å². The monoisotopic (exact) mass is 332 g/mol. The summed E-state index contributed by atoms with van der Waals surface area (Å²) in [6.45, 7) is 13.6. The Balaban J connectivity index is 2.44. The molecule has 23 heavy (non-hydrogen) atoms. The maximum Gasteiger partial charge on any atom is 0.229 e. The molecule has 6 heteroatoms. The molecule has 0 fully saturated rings. The van der Waals surface area contributed by atoms with Gasteiger partial charge in [-0.2, -0.15) is 5.10 Å². The minimum absolute atomic E-state index is 0.0112. The van der Waals surface area contributed by atoms with Crippen molar-refractivity contribution in [2.75, 3.05) is 10.7 Å². The summed E-state index contributed by atoms with van der Waals surface area (Å²) in [5.74, 6) is 0.0112. The number of carbonyl (C=O) groups is 1. The molecule has 0 radical (unpaired) electrons. The first-order valence-electron chi connectivity index (χ1n) is 7.58. The quantitative estimate of drug-likeness (QED) is 0.632. The fourth-order valence-corrected chi connectivity index (χ4v) is 2.98. The van der Waals surface area contributed by atoms with Crippen LogP contribution in [0.4, 0.5) is 10.8 Å². The number of aromatic nitrogens is 1. The van der Waals surface area contributed by atoms with Gasteiger partial charge in [0.2, 0.25) is 11.0 Å². The first-order valence-corrected chi connectivity index (χ1v) is 8.40. The molecule has 0 aliphatic carbocycles. The Labute approximate surface area is 141 Å². The molecule has 0 saturated heterocycles. The van der Waals surface area contributed by atoms with E-state index in [1.165, 1.54) is 0 Å². The Morgan fingerprint density at radius 1 is 1.26 bits per heavy atom. The van der Waals surface area contributed by atoms with Crippen LogP contribution in [0.2, 0.25) is 0 Å². The molecule has 0 bridgehead atoms. The van der Waals surface area contributed by atoms with Crippen molar-refractivity contribution >= 4 is 44.0 Å². The number of hydrogen-bond acceptors (Lipinski definition) is 5. The van der Waals surface area contributed by atoms with Gasteiger partial charge in [0, 0.05) is 16.8 Å². The number of anilines is 2. The van der Waals surface area contributed by atoms with Crippen molar-refractivity contribution in [2.45, 2.75) is 48.5 Å². The number of fused-ring (bicyclic) bond motifs is 1. The molecule has 1 aromatic carbocycles. The van der Waals surface area contributed by atoms with Crippen LogP contribution in [0.3, 0.4) is 0 Å². The van der Waals surface area contributed by atoms with Gasteiger partial charge in [-0.05, 0) is 44.9 Å². The summed E-state index contributed by atoms with van der Waals surface area (Å²) < 4.78 is 1.06. The van der Waals surface area contributed by atoms with Gasteiger partial charge >= 0.3 is 0 Å². The third-order valence-corrected chi connectivity index (χ3v) is 4.51. The van der Waals surface area contributed by atoms with Gasteiger partial charge in [-0.25, -0.2) is 4.98 Å². The predicted molar refractivity (Wildman–Crippen MR) is 99.6 cm³/mol. The Morgan fingerprint density at radius 3 is 2.48 bits per heavy atom. The van der Waals surface area contributed by atoms with Crippen LogP contribution in [0.15, 0.2) is 11.2 Å². The molecule has 0 saturated carbocycles. The van der Waals surface area contributed by atoms with Gasteiger partial charge in [0.1, 0.15) is 0 Å². The van der Waals surface area contributed by atoms with Gasteiger partial charge in [0.25, 0.3) is 0 Å². The molecular weight excluding hydrogens is 308 g/mol. The number of nitrogens with zero attached hydrogens (tertiary/aromatic N) is 2. The highest BCUT2D eigenvalue weighted by atomic mass is 32.1. The van der Waals surface area contributed by atoms with E-state index in [1.54, 1.807) is 11.3 Å². The molecular formula is C17H24N4OS. The van der Waals surface area contributed by atoms with Crippen molar-refractivity contribution in [3.63, 3.8) is 0 Å². The van der Waals surface area contributed by atoms with Crippen LogP contribution in [0.25, 0.3) is 10.2 Å². The summed E-state index contributed by atoms with van der Waals surface area (Å²) >= 11 is 1.54. The molecule has 0 atom stereocenters. The normalized spacial score (nSPS) is 11.4. The zero-order valence-electron chi connectivity index (χ0n) is 14.8. The lowest BCUT2D eigenvalue weighted by atomic mass is 9.95. The minimum Gasteiger partial charge on any atom is -0.325 e. The molecule has 0 aliphatic rings. The molecule has 2 N–H and O–H groups in total. The molecule has 2 aromatic rings. The van der Waals surface area contributed by atoms with Crippen molar-refractivity contribution < 1.29 is 4.79 Å². The molecule has 5 nitrogen and oxygen atoms in total. The maximum atomic E-state index is 12.3. The van der Waals surface area contributed by atoms with E-state index < -0.39 is 5.41 Å². The van der Waals surface area contributed by atoms with Crippen LogP contribution in [0.1, 0.15) is 45.7 Å². The molecule has 0 unspecified atom stereocenters. The highest BCUT2D eigenvalue weighted by Gasteiger charge is 2.23. The molecule has 2 rings (SSSR count). The van der Waals surface area contributed by atoms with Crippen LogP contribution >= 0.6 is 11.3 Å². The van der Waals surface area contributed by atoms with Crippen LogP contribution in [-0.2, 0) is 4.79 Å². The molecule has 1 amide bonds. The van der Waals surface area contributed by atoms with Gasteiger partial charge in [-0.1, -0.05) is 32.1 Å². The van der Waals surface area contributed by atoms with Crippen LogP contribution in [0, 0.1) is 19.3 Å². The summed E-state index contributed by atoms with van der Waals surface area (Å²) in [6.07, 6.45) is 0. The van der Waals surface area contributed by atoms with Gasteiger partial charge in [0.05, 0.1) is 10.2 Å². The summed E-state index contributed by atoms with van der Waals surface area (Å²) in [7, 11) is 0. The summed E-state index contributed by atoms with van der Waals surface area (Å²) in [5, 5.41) is 8.00. The van der Waals surface area contributed by atoms with E-state index in [0.29, 0.717) is 0 Å². The van der Waals surface area contributed by atoms with E-state index in [2.05, 4.69) is 20.8 Å². The van der Waals surface area contributed by atoms with E-state index in [4.69, 9.17) is 0 Å². The number of amides is 1. The van der Waals surface area contributed by atoms with E-state index in [9.17, 15) is 4.79 Å². The summed E-state index contributed by atoms with van der Waals surface area (Å²) in [5.41, 5.74) is 7.34. The lowest BCUT2D eigenvalue weighted by molar-refractivity contribution is -0.123. The smallest absolute Gasteiger partial charge is 0.229 e. The van der Waals surface area contributed by atoms with E-state index in [1.807, 2.05) is 54.5 Å². The molecule has 1 aromatic heterocycles. The van der Waals surface area contributed by atoms with E-state index in [-0.39, 0.29) is 5.91 Å². The Morgan fingerprint density at radius 2 is 1.91 bits per heavy atom. The predicted octanol–water partition coefficient (Wildman–Crippen LogP) is 4.71. The molecule has 0 spiro atoms. The molecule has 0 aliphatic heterocycles. The Bertz CT molecular complexity index is 780. The van der Waals surface area contributed by atoms with E-state index >= 15 is 0 Å². The number of hydrogen-bond donors (Lipinski definition) is 2. The topological polar surface area (TPSA) is 66.4 Å². The first-order chi connectivity index (χ1) is 10.6. The number of thiazole rings is 1. The number of carbonyl (C=O) groups excluding carboxylic acids is 1. The number of hydrazone groups is 1. The summed E-state index contributed by atoms with van der Waals surface area (Å²) in [6, 6.07) is 2.00. The van der Waals surface area contributed by atoms with Crippen molar-refractivity contribution in [1.82, 2.24) is 4.98 Å². The Hall–Kier alpha value is -1.95. The standard InChI is InChI=1S/C17H24N4OS/c1-9(2)20-21-16-18-12-8-10(3)13(11(4)14(12)23-16)19-15(22)17(5,6)7/h8H,1-7H3,(H,18,21)(H,19,22).